The lowest BCUT2D eigenvalue weighted by Crippen LogP contribution is -2.48. The van der Waals surface area contributed by atoms with E-state index >= 15 is 0 Å². The Morgan fingerprint density at radius 2 is 2.11 bits per heavy atom. The number of pyridine rings is 1. The lowest BCUT2D eigenvalue weighted by Gasteiger charge is -2.36. The second-order valence-electron chi connectivity index (χ2n) is 9.43. The number of rotatable bonds is 7. The fourth-order valence-electron chi connectivity index (χ4n) is 4.96. The predicted octanol–water partition coefficient (Wildman–Crippen LogP) is 1.46. The van der Waals surface area contributed by atoms with E-state index in [1.54, 1.807) is 25.4 Å². The highest BCUT2D eigenvalue weighted by atomic mass is 16.5. The smallest absolute Gasteiger partial charge is 0.281 e. The summed E-state index contributed by atoms with van der Waals surface area (Å²) in [7, 11) is 1.54. The molecular weight excluding hydrogens is 476 g/mol. The second-order valence-corrected chi connectivity index (χ2v) is 9.43. The van der Waals surface area contributed by atoms with Crippen molar-refractivity contribution in [2.45, 2.75) is 38.7 Å². The third kappa shape index (κ3) is 5.43. The number of ether oxygens (including phenoxy) is 3. The van der Waals surface area contributed by atoms with Gasteiger partial charge in [-0.3, -0.25) is 19.2 Å². The number of amides is 1. The molecular formula is C26H32N6O5. The van der Waals surface area contributed by atoms with Gasteiger partial charge in [-0.1, -0.05) is 0 Å². The number of carbonyl (C=O) groups excluding carboxylic acids is 1. The fourth-order valence-corrected chi connectivity index (χ4v) is 4.96. The summed E-state index contributed by atoms with van der Waals surface area (Å²) < 4.78 is 19.4. The molecule has 0 aliphatic carbocycles. The van der Waals surface area contributed by atoms with Crippen LogP contribution in [0.2, 0.25) is 0 Å². The predicted molar refractivity (Wildman–Crippen MR) is 137 cm³/mol. The number of methoxy groups -OCH3 is 1. The summed E-state index contributed by atoms with van der Waals surface area (Å²) in [6, 6.07) is 7.07. The average Bonchev–Trinajstić information content (AvgIpc) is 3.38. The minimum Gasteiger partial charge on any atom is -0.491 e. The molecule has 2 aliphatic heterocycles. The first-order chi connectivity index (χ1) is 17.9. The molecule has 0 spiro atoms. The number of aliphatic hydroxyl groups is 1. The van der Waals surface area contributed by atoms with Crippen LogP contribution >= 0.6 is 0 Å². The number of aromatic nitrogens is 3. The maximum atomic E-state index is 12.8. The summed E-state index contributed by atoms with van der Waals surface area (Å²) in [5.74, 6) is 1.25. The molecule has 1 saturated heterocycles. The van der Waals surface area contributed by atoms with Crippen molar-refractivity contribution in [2.75, 3.05) is 45.2 Å². The zero-order valence-electron chi connectivity index (χ0n) is 21.3. The van der Waals surface area contributed by atoms with Gasteiger partial charge in [0.1, 0.15) is 24.0 Å². The molecule has 1 amide bonds. The highest BCUT2D eigenvalue weighted by Gasteiger charge is 2.25. The SMILES string of the molecule is COc1c(OC[C@@H](O)CN2C[C@@H](C)O[C@@H](C)C2)ccc2c3n(c(=NC(=O)c4cccnc4)nc12)CCN3. The molecule has 37 heavy (non-hydrogen) atoms. The first-order valence-electron chi connectivity index (χ1n) is 12.5. The Kier molecular flexibility index (Phi) is 7.36. The number of hydrogen-bond acceptors (Lipinski definition) is 9. The van der Waals surface area contributed by atoms with Crippen LogP contribution in [0, 0.1) is 0 Å². The lowest BCUT2D eigenvalue weighted by atomic mass is 10.2. The molecule has 0 radical (unpaired) electrons. The topological polar surface area (TPSA) is 123 Å². The Morgan fingerprint density at radius 1 is 1.30 bits per heavy atom. The van der Waals surface area contributed by atoms with Gasteiger partial charge in [0.15, 0.2) is 11.5 Å². The van der Waals surface area contributed by atoms with Gasteiger partial charge < -0.3 is 24.6 Å². The third-order valence-electron chi connectivity index (χ3n) is 6.41. The third-order valence-corrected chi connectivity index (χ3v) is 6.41. The normalized spacial score (nSPS) is 20.9. The van der Waals surface area contributed by atoms with Crippen molar-refractivity contribution in [3.05, 3.63) is 47.8 Å². The van der Waals surface area contributed by atoms with Crippen molar-refractivity contribution in [1.29, 1.82) is 0 Å². The van der Waals surface area contributed by atoms with Gasteiger partial charge in [0.05, 0.1) is 24.9 Å². The molecule has 11 heteroatoms. The number of carbonyl (C=O) groups is 1. The van der Waals surface area contributed by atoms with Gasteiger partial charge in [0, 0.05) is 50.5 Å². The van der Waals surface area contributed by atoms with E-state index in [2.05, 4.69) is 20.2 Å². The van der Waals surface area contributed by atoms with Crippen molar-refractivity contribution in [1.82, 2.24) is 19.4 Å². The number of fused-ring (bicyclic) bond motifs is 3. The van der Waals surface area contributed by atoms with Gasteiger partial charge >= 0.3 is 0 Å². The molecule has 5 rings (SSSR count). The van der Waals surface area contributed by atoms with Crippen molar-refractivity contribution in [3.8, 4) is 11.5 Å². The first-order valence-corrected chi connectivity index (χ1v) is 12.5. The Balaban J connectivity index is 1.42. The van der Waals surface area contributed by atoms with E-state index < -0.39 is 12.0 Å². The molecule has 0 bridgehead atoms. The highest BCUT2D eigenvalue weighted by molar-refractivity contribution is 5.96. The molecule has 2 N–H and O–H groups in total. The molecule has 3 aromatic rings. The van der Waals surface area contributed by atoms with Crippen LogP contribution < -0.4 is 20.4 Å². The van der Waals surface area contributed by atoms with Gasteiger partial charge in [0.25, 0.3) is 5.91 Å². The van der Waals surface area contributed by atoms with E-state index in [9.17, 15) is 9.90 Å². The standard InChI is InChI=1S/C26H32N6O5/c1-16-12-31(13-17(2)37-16)14-19(33)15-36-21-7-6-20-22(23(21)35-3)29-26(32-10-9-28-24(20)32)30-25(34)18-5-4-8-27-11-18/h4-8,11,16-17,19,28,33H,9-10,12-15H2,1-3H3/t16-,17+,19-/m0/s1. The molecule has 196 valence electrons. The van der Waals surface area contributed by atoms with E-state index in [1.165, 1.54) is 6.20 Å². The molecule has 1 fully saturated rings. The summed E-state index contributed by atoms with van der Waals surface area (Å²) >= 11 is 0. The van der Waals surface area contributed by atoms with Gasteiger partial charge in [-0.15, -0.1) is 0 Å². The minimum absolute atomic E-state index is 0.0939. The first kappa shape index (κ1) is 25.1. The number of morpholine rings is 1. The Morgan fingerprint density at radius 3 is 2.84 bits per heavy atom. The summed E-state index contributed by atoms with van der Waals surface area (Å²) in [4.78, 5) is 28.0. The van der Waals surface area contributed by atoms with Gasteiger partial charge in [0.2, 0.25) is 5.62 Å². The van der Waals surface area contributed by atoms with Crippen LogP contribution in [0.4, 0.5) is 5.82 Å². The Hall–Kier alpha value is -3.54. The molecule has 3 atom stereocenters. The molecule has 4 heterocycles. The molecule has 0 unspecified atom stereocenters. The summed E-state index contributed by atoms with van der Waals surface area (Å²) in [6.45, 7) is 7.50. The van der Waals surface area contributed by atoms with Crippen LogP contribution in [0.25, 0.3) is 10.9 Å². The number of hydrogen-bond donors (Lipinski definition) is 2. The van der Waals surface area contributed by atoms with Gasteiger partial charge in [-0.05, 0) is 38.1 Å². The van der Waals surface area contributed by atoms with Crippen LogP contribution in [0.15, 0.2) is 41.7 Å². The lowest BCUT2D eigenvalue weighted by molar-refractivity contribution is -0.0787. The summed E-state index contributed by atoms with van der Waals surface area (Å²) in [5.41, 5.74) is 1.17. The minimum atomic E-state index is -0.689. The van der Waals surface area contributed by atoms with Crippen molar-refractivity contribution in [3.63, 3.8) is 0 Å². The van der Waals surface area contributed by atoms with Gasteiger partial charge in [-0.2, -0.15) is 4.99 Å². The zero-order valence-corrected chi connectivity index (χ0v) is 21.3. The number of β-amino-alcohol motifs (C(OH)–C–C–N with tert-alkyl or cyclic N) is 1. The maximum absolute atomic E-state index is 12.8. The molecule has 0 saturated carbocycles. The van der Waals surface area contributed by atoms with Gasteiger partial charge in [-0.25, -0.2) is 4.98 Å². The number of aliphatic hydroxyl groups excluding tert-OH is 1. The van der Waals surface area contributed by atoms with Crippen molar-refractivity contribution >= 4 is 22.6 Å². The van der Waals surface area contributed by atoms with Crippen LogP contribution in [0.5, 0.6) is 11.5 Å². The fraction of sp³-hybridized carbons (Fsp3) is 0.462. The number of anilines is 1. The van der Waals surface area contributed by atoms with Crippen molar-refractivity contribution < 1.29 is 24.1 Å². The maximum Gasteiger partial charge on any atom is 0.281 e. The van der Waals surface area contributed by atoms with Crippen LogP contribution in [0.1, 0.15) is 24.2 Å². The van der Waals surface area contributed by atoms with Crippen LogP contribution in [-0.4, -0.2) is 88.7 Å². The molecule has 11 nitrogen and oxygen atoms in total. The zero-order chi connectivity index (χ0) is 25.9. The molecule has 2 aromatic heterocycles. The van der Waals surface area contributed by atoms with E-state index in [0.29, 0.717) is 42.2 Å². The largest absolute Gasteiger partial charge is 0.491 e. The average molecular weight is 509 g/mol. The number of nitrogens with one attached hydrogen (secondary N) is 1. The number of benzene rings is 1. The van der Waals surface area contributed by atoms with Crippen LogP contribution in [-0.2, 0) is 11.3 Å². The second kappa shape index (κ2) is 10.8. The molecule has 2 aliphatic rings. The van der Waals surface area contributed by atoms with Crippen molar-refractivity contribution in [2.24, 2.45) is 4.99 Å². The quantitative estimate of drug-likeness (QED) is 0.488. The number of nitrogens with zero attached hydrogens (tertiary/aromatic N) is 5. The monoisotopic (exact) mass is 508 g/mol. The highest BCUT2D eigenvalue weighted by Crippen LogP contribution is 2.37. The summed E-state index contributed by atoms with van der Waals surface area (Å²) in [5, 5.41) is 14.8. The van der Waals surface area contributed by atoms with E-state index in [4.69, 9.17) is 19.2 Å². The molecule has 1 aromatic carbocycles. The summed E-state index contributed by atoms with van der Waals surface area (Å²) in [6.07, 6.45) is 2.65. The van der Waals surface area contributed by atoms with Crippen LogP contribution in [0.3, 0.4) is 0 Å². The van der Waals surface area contributed by atoms with E-state index in [-0.39, 0.29) is 24.4 Å². The Labute approximate surface area is 214 Å². The van der Waals surface area contributed by atoms with E-state index in [1.807, 2.05) is 30.5 Å². The Bertz CT molecular complexity index is 1330. The van der Waals surface area contributed by atoms with E-state index in [0.717, 1.165) is 24.3 Å².